The van der Waals surface area contributed by atoms with Crippen molar-refractivity contribution in [3.05, 3.63) is 11.6 Å². The lowest BCUT2D eigenvalue weighted by atomic mass is 9.34. The van der Waals surface area contributed by atoms with Crippen molar-refractivity contribution in [3.8, 4) is 0 Å². The molecule has 5 rings (SSSR count). The zero-order chi connectivity index (χ0) is 22.6. The summed E-state index contributed by atoms with van der Waals surface area (Å²) in [5, 5.41) is 0. The number of carbonyl (C=O) groups excluding carboxylic acids is 2. The van der Waals surface area contributed by atoms with Gasteiger partial charge in [-0.25, -0.2) is 0 Å². The fourth-order valence-corrected chi connectivity index (χ4v) is 10.1. The summed E-state index contributed by atoms with van der Waals surface area (Å²) in [7, 11) is 0. The van der Waals surface area contributed by atoms with Gasteiger partial charge < -0.3 is 0 Å². The monoisotopic (exact) mass is 424 g/mol. The molecule has 0 amide bonds. The lowest BCUT2D eigenvalue weighted by molar-refractivity contribution is -0.178. The molecule has 0 radical (unpaired) electrons. The van der Waals surface area contributed by atoms with Crippen molar-refractivity contribution in [2.24, 2.45) is 57.2 Å². The highest BCUT2D eigenvalue weighted by molar-refractivity contribution is 5.96. The molecule has 10 atom stereocenters. The van der Waals surface area contributed by atoms with Gasteiger partial charge in [0.25, 0.3) is 0 Å². The van der Waals surface area contributed by atoms with E-state index in [2.05, 4.69) is 54.5 Å². The van der Waals surface area contributed by atoms with Gasteiger partial charge in [0.1, 0.15) is 5.78 Å². The largest absolute Gasteiger partial charge is 0.299 e. The van der Waals surface area contributed by atoms with Gasteiger partial charge in [0.2, 0.25) is 0 Å². The first kappa shape index (κ1) is 21.9. The Morgan fingerprint density at radius 2 is 1.58 bits per heavy atom. The number of hydrogen-bond donors (Lipinski definition) is 0. The van der Waals surface area contributed by atoms with E-state index in [1.165, 1.54) is 31.3 Å². The lowest BCUT2D eigenvalue weighted by Gasteiger charge is -2.69. The second kappa shape index (κ2) is 6.57. The van der Waals surface area contributed by atoms with Crippen LogP contribution >= 0.6 is 0 Å². The first-order chi connectivity index (χ1) is 14.4. The van der Waals surface area contributed by atoms with Gasteiger partial charge in [-0.2, -0.15) is 0 Å². The van der Waals surface area contributed by atoms with Crippen LogP contribution in [-0.2, 0) is 9.59 Å². The molecule has 172 valence electrons. The summed E-state index contributed by atoms with van der Waals surface area (Å²) in [4.78, 5) is 26.7. The maximum atomic E-state index is 14.1. The number of carbonyl (C=O) groups is 2. The van der Waals surface area contributed by atoms with Crippen LogP contribution < -0.4 is 0 Å². The van der Waals surface area contributed by atoms with Gasteiger partial charge in [0.05, 0.1) is 0 Å². The molecule has 0 heterocycles. The number of rotatable bonds is 0. The number of fused-ring (bicyclic) bond motifs is 7. The number of ketones is 2. The predicted octanol–water partition coefficient (Wildman–Crippen LogP) is 7.02. The molecule has 0 aromatic carbocycles. The highest BCUT2D eigenvalue weighted by Crippen LogP contribution is 2.74. The second-order valence-electron chi connectivity index (χ2n) is 13.6. The Hall–Kier alpha value is -0.920. The summed E-state index contributed by atoms with van der Waals surface area (Å²) in [6.07, 6.45) is 11.1. The van der Waals surface area contributed by atoms with Crippen molar-refractivity contribution in [2.75, 3.05) is 0 Å². The minimum atomic E-state index is -0.0331. The summed E-state index contributed by atoms with van der Waals surface area (Å²) in [5.74, 6) is 3.32. The van der Waals surface area contributed by atoms with Crippen molar-refractivity contribution < 1.29 is 9.59 Å². The second-order valence-corrected chi connectivity index (χ2v) is 13.6. The third kappa shape index (κ3) is 2.57. The average Bonchev–Trinajstić information content (AvgIpc) is 2.70. The number of hydrogen-bond acceptors (Lipinski definition) is 2. The minimum absolute atomic E-state index is 0.0151. The van der Waals surface area contributed by atoms with Crippen LogP contribution in [-0.4, -0.2) is 11.6 Å². The number of Topliss-reactive ketones (excluding diaryl/α,β-unsaturated/α-hetero) is 1. The van der Waals surface area contributed by atoms with Gasteiger partial charge in [-0.15, -0.1) is 0 Å². The average molecular weight is 425 g/mol. The van der Waals surface area contributed by atoms with Crippen molar-refractivity contribution in [3.63, 3.8) is 0 Å². The van der Waals surface area contributed by atoms with Gasteiger partial charge >= 0.3 is 0 Å². The van der Waals surface area contributed by atoms with Crippen LogP contribution in [0, 0.1) is 57.2 Å². The third-order valence-corrected chi connectivity index (χ3v) is 12.5. The van der Waals surface area contributed by atoms with Crippen molar-refractivity contribution >= 4 is 11.6 Å². The van der Waals surface area contributed by atoms with Crippen molar-refractivity contribution in [2.45, 2.75) is 99.8 Å². The van der Waals surface area contributed by atoms with Gasteiger partial charge in [0.15, 0.2) is 5.78 Å². The molecule has 0 N–H and O–H groups in total. The van der Waals surface area contributed by atoms with Crippen LogP contribution in [0.25, 0.3) is 0 Å². The van der Waals surface area contributed by atoms with Gasteiger partial charge in [0, 0.05) is 18.3 Å². The Kier molecular flexibility index (Phi) is 4.64. The standard InChI is InChI=1S/C29H44O2/c1-17-8-11-26(4)14-15-28(6)21(24(26)18(17)2)16-23(31)25-27(5)12-10-22(30)19(3)20(27)9-13-29(25,28)7/h16-20,24-25H,8-15H2,1-7H3/t17-,18+,19+,20+,24+,25-,26-,27+,28-,29-/m1/s1. The Labute approximate surface area is 190 Å². The Morgan fingerprint density at radius 3 is 2.29 bits per heavy atom. The Balaban J connectivity index is 1.64. The zero-order valence-electron chi connectivity index (χ0n) is 21.0. The Morgan fingerprint density at radius 1 is 0.871 bits per heavy atom. The van der Waals surface area contributed by atoms with Gasteiger partial charge in [-0.3, -0.25) is 9.59 Å². The van der Waals surface area contributed by atoms with Crippen molar-refractivity contribution in [1.29, 1.82) is 0 Å². The summed E-state index contributed by atoms with van der Waals surface area (Å²) in [6, 6.07) is 0. The van der Waals surface area contributed by atoms with E-state index in [1.807, 2.05) is 0 Å². The molecular formula is C29H44O2. The highest BCUT2D eigenvalue weighted by Gasteiger charge is 2.68. The molecule has 0 saturated heterocycles. The van der Waals surface area contributed by atoms with Gasteiger partial charge in [-0.05, 0) is 96.4 Å². The molecule has 2 nitrogen and oxygen atoms in total. The van der Waals surface area contributed by atoms with E-state index >= 15 is 0 Å². The molecular weight excluding hydrogens is 380 g/mol. The van der Waals surface area contributed by atoms with Gasteiger partial charge in [-0.1, -0.05) is 54.0 Å². The summed E-state index contributed by atoms with van der Waals surface area (Å²) < 4.78 is 0. The number of allylic oxidation sites excluding steroid dienone is 2. The summed E-state index contributed by atoms with van der Waals surface area (Å²) >= 11 is 0. The van der Waals surface area contributed by atoms with Crippen molar-refractivity contribution in [1.82, 2.24) is 0 Å². The topological polar surface area (TPSA) is 34.1 Å². The smallest absolute Gasteiger partial charge is 0.159 e. The van der Waals surface area contributed by atoms with E-state index < -0.39 is 0 Å². The Bertz CT molecular complexity index is 855. The molecule has 4 fully saturated rings. The van der Waals surface area contributed by atoms with E-state index in [-0.39, 0.29) is 28.1 Å². The molecule has 4 saturated carbocycles. The van der Waals surface area contributed by atoms with Crippen LogP contribution in [0.1, 0.15) is 99.8 Å². The van der Waals surface area contributed by atoms with E-state index in [4.69, 9.17) is 0 Å². The van der Waals surface area contributed by atoms with Crippen LogP contribution in [0.5, 0.6) is 0 Å². The molecule has 5 aliphatic rings. The SMILES string of the molecule is C[C@H]1[C@H](C)CC[C@]2(C)CC[C@]3(C)C(=CC(=O)[C@@H]4[C@@]5(C)CCC(=O)[C@@H](C)[C@@H]5CC[C@]43C)[C@H]12. The lowest BCUT2D eigenvalue weighted by Crippen LogP contribution is -2.65. The first-order valence-corrected chi connectivity index (χ1v) is 13.2. The van der Waals surface area contributed by atoms with Crippen LogP contribution in [0.15, 0.2) is 11.6 Å². The molecule has 31 heavy (non-hydrogen) atoms. The van der Waals surface area contributed by atoms with Crippen LogP contribution in [0.4, 0.5) is 0 Å². The highest BCUT2D eigenvalue weighted by atomic mass is 16.1. The molecule has 5 aliphatic carbocycles. The first-order valence-electron chi connectivity index (χ1n) is 13.2. The van der Waals surface area contributed by atoms with E-state index in [1.54, 1.807) is 0 Å². The molecule has 0 unspecified atom stereocenters. The maximum absolute atomic E-state index is 14.1. The van der Waals surface area contributed by atoms with Crippen LogP contribution in [0.2, 0.25) is 0 Å². The predicted molar refractivity (Wildman–Crippen MR) is 125 cm³/mol. The molecule has 2 heteroatoms. The third-order valence-electron chi connectivity index (χ3n) is 12.5. The molecule has 0 spiro atoms. The van der Waals surface area contributed by atoms with E-state index in [9.17, 15) is 9.59 Å². The molecule has 0 aromatic rings. The molecule has 0 aromatic heterocycles. The fraction of sp³-hybridized carbons (Fsp3) is 0.862. The summed E-state index contributed by atoms with van der Waals surface area (Å²) in [5.41, 5.74) is 1.97. The normalized spacial score (nSPS) is 56.7. The quantitative estimate of drug-likeness (QED) is 0.418. The molecule has 0 bridgehead atoms. The zero-order valence-corrected chi connectivity index (χ0v) is 21.0. The van der Waals surface area contributed by atoms with Crippen LogP contribution in [0.3, 0.4) is 0 Å². The summed E-state index contributed by atoms with van der Waals surface area (Å²) in [6.45, 7) is 16.9. The van der Waals surface area contributed by atoms with E-state index in [0.717, 1.165) is 25.2 Å². The maximum Gasteiger partial charge on any atom is 0.159 e. The van der Waals surface area contributed by atoms with E-state index in [0.29, 0.717) is 41.2 Å². The molecule has 0 aliphatic heterocycles. The minimum Gasteiger partial charge on any atom is -0.299 e. The fourth-order valence-electron chi connectivity index (χ4n) is 10.1.